The molecule has 1 aliphatic rings. The summed E-state index contributed by atoms with van der Waals surface area (Å²) >= 11 is 1.53. The van der Waals surface area contributed by atoms with Crippen LogP contribution in [0.5, 0.6) is 5.75 Å². The van der Waals surface area contributed by atoms with Crippen molar-refractivity contribution in [3.63, 3.8) is 0 Å². The summed E-state index contributed by atoms with van der Waals surface area (Å²) < 4.78 is 10.8. The normalized spacial score (nSPS) is 18.9. The zero-order chi connectivity index (χ0) is 15.8. The van der Waals surface area contributed by atoms with Crippen LogP contribution in [-0.4, -0.2) is 37.5 Å². The molecule has 2 atom stereocenters. The Labute approximate surface area is 137 Å². The van der Waals surface area contributed by atoms with Crippen LogP contribution in [0.1, 0.15) is 32.6 Å². The van der Waals surface area contributed by atoms with Crippen LogP contribution < -0.4 is 10.1 Å². The number of carbonyl (C=O) groups excluding carboxylic acids is 1. The van der Waals surface area contributed by atoms with Crippen LogP contribution in [-0.2, 0) is 9.53 Å². The van der Waals surface area contributed by atoms with E-state index in [0.717, 1.165) is 36.5 Å². The molecule has 1 aromatic carbocycles. The van der Waals surface area contributed by atoms with Crippen molar-refractivity contribution in [3.8, 4) is 5.75 Å². The summed E-state index contributed by atoms with van der Waals surface area (Å²) in [6.07, 6.45) is 4.73. The minimum atomic E-state index is 0.0765. The number of benzene rings is 1. The predicted molar refractivity (Wildman–Crippen MR) is 89.5 cm³/mol. The quantitative estimate of drug-likeness (QED) is 0.746. The molecule has 1 N–H and O–H groups in total. The van der Waals surface area contributed by atoms with Crippen molar-refractivity contribution in [2.45, 2.75) is 49.6 Å². The van der Waals surface area contributed by atoms with Gasteiger partial charge in [0.05, 0.1) is 19.0 Å². The summed E-state index contributed by atoms with van der Waals surface area (Å²) in [6, 6.07) is 7.96. The smallest absolute Gasteiger partial charge is 0.230 e. The lowest BCUT2D eigenvalue weighted by Gasteiger charge is -2.16. The molecule has 0 radical (unpaired) electrons. The molecule has 1 aromatic rings. The van der Waals surface area contributed by atoms with E-state index < -0.39 is 0 Å². The molecule has 0 spiro atoms. The molecule has 5 heteroatoms. The van der Waals surface area contributed by atoms with Crippen LogP contribution in [0, 0.1) is 0 Å². The van der Waals surface area contributed by atoms with Gasteiger partial charge in [0.2, 0.25) is 5.91 Å². The molecule has 4 nitrogen and oxygen atoms in total. The molecular weight excluding hydrogens is 298 g/mol. The number of rotatable bonds is 8. The topological polar surface area (TPSA) is 47.6 Å². The zero-order valence-corrected chi connectivity index (χ0v) is 14.2. The van der Waals surface area contributed by atoms with E-state index in [1.54, 1.807) is 7.11 Å². The largest absolute Gasteiger partial charge is 0.497 e. The van der Waals surface area contributed by atoms with E-state index in [1.165, 1.54) is 18.2 Å². The van der Waals surface area contributed by atoms with E-state index in [9.17, 15) is 4.79 Å². The summed E-state index contributed by atoms with van der Waals surface area (Å²) in [5.74, 6) is 1.32. The summed E-state index contributed by atoms with van der Waals surface area (Å²) in [5.41, 5.74) is 0. The van der Waals surface area contributed by atoms with Crippen molar-refractivity contribution in [2.75, 3.05) is 19.5 Å². The first kappa shape index (κ1) is 17.2. The summed E-state index contributed by atoms with van der Waals surface area (Å²) in [5, 5.41) is 3.06. The Balaban J connectivity index is 1.65. The lowest BCUT2D eigenvalue weighted by atomic mass is 10.1. The summed E-state index contributed by atoms with van der Waals surface area (Å²) in [7, 11) is 1.65. The third kappa shape index (κ3) is 5.89. The van der Waals surface area contributed by atoms with Crippen molar-refractivity contribution < 1.29 is 14.3 Å². The fourth-order valence-electron chi connectivity index (χ4n) is 2.54. The number of nitrogens with one attached hydrogen (secondary N) is 1. The molecular formula is C17H25NO3S. The van der Waals surface area contributed by atoms with Crippen molar-refractivity contribution in [2.24, 2.45) is 0 Å². The first-order valence-corrected chi connectivity index (χ1v) is 8.83. The maximum absolute atomic E-state index is 12.0. The van der Waals surface area contributed by atoms with E-state index in [0.29, 0.717) is 11.9 Å². The second-order valence-corrected chi connectivity index (χ2v) is 6.70. The molecule has 22 heavy (non-hydrogen) atoms. The van der Waals surface area contributed by atoms with E-state index in [4.69, 9.17) is 9.47 Å². The Morgan fingerprint density at radius 1 is 1.55 bits per heavy atom. The third-order valence-corrected chi connectivity index (χ3v) is 4.76. The van der Waals surface area contributed by atoms with Gasteiger partial charge in [-0.3, -0.25) is 4.79 Å². The highest BCUT2D eigenvalue weighted by molar-refractivity contribution is 8.00. The Hall–Kier alpha value is -1.20. The highest BCUT2D eigenvalue weighted by atomic mass is 32.2. The molecule has 0 aliphatic carbocycles. The van der Waals surface area contributed by atoms with Gasteiger partial charge in [-0.05, 0) is 50.8 Å². The van der Waals surface area contributed by atoms with E-state index >= 15 is 0 Å². The van der Waals surface area contributed by atoms with Gasteiger partial charge in [0.1, 0.15) is 5.75 Å². The SMILES string of the molecule is COc1cccc(SCC(=O)N[C@H](C)CC[C@@H]2CCCO2)c1. The van der Waals surface area contributed by atoms with Gasteiger partial charge in [-0.1, -0.05) is 6.07 Å². The van der Waals surface area contributed by atoms with Crippen LogP contribution in [0.15, 0.2) is 29.2 Å². The molecule has 1 heterocycles. The highest BCUT2D eigenvalue weighted by Crippen LogP contribution is 2.22. The van der Waals surface area contributed by atoms with Crippen LogP contribution in [0.25, 0.3) is 0 Å². The number of thioether (sulfide) groups is 1. The first-order valence-electron chi connectivity index (χ1n) is 7.85. The van der Waals surface area contributed by atoms with Crippen molar-refractivity contribution in [1.82, 2.24) is 5.32 Å². The van der Waals surface area contributed by atoms with Gasteiger partial charge in [-0.25, -0.2) is 0 Å². The predicted octanol–water partition coefficient (Wildman–Crippen LogP) is 3.25. The molecule has 122 valence electrons. The van der Waals surface area contributed by atoms with Gasteiger partial charge in [-0.15, -0.1) is 11.8 Å². The molecule has 0 saturated carbocycles. The Kier molecular flexibility index (Phi) is 7.06. The van der Waals surface area contributed by atoms with Crippen molar-refractivity contribution in [1.29, 1.82) is 0 Å². The van der Waals surface area contributed by atoms with Gasteiger partial charge in [0.15, 0.2) is 0 Å². The fourth-order valence-corrected chi connectivity index (χ4v) is 3.29. The minimum absolute atomic E-state index is 0.0765. The number of ether oxygens (including phenoxy) is 2. The third-order valence-electron chi connectivity index (χ3n) is 3.76. The maximum Gasteiger partial charge on any atom is 0.230 e. The second kappa shape index (κ2) is 9.06. The Bertz CT molecular complexity index is 475. The maximum atomic E-state index is 12.0. The van der Waals surface area contributed by atoms with E-state index in [-0.39, 0.29) is 11.9 Å². The van der Waals surface area contributed by atoms with Crippen LogP contribution >= 0.6 is 11.8 Å². The molecule has 2 rings (SSSR count). The molecule has 1 aliphatic heterocycles. The van der Waals surface area contributed by atoms with E-state index in [1.807, 2.05) is 24.3 Å². The van der Waals surface area contributed by atoms with Gasteiger partial charge in [-0.2, -0.15) is 0 Å². The minimum Gasteiger partial charge on any atom is -0.497 e. The average Bonchev–Trinajstić information content (AvgIpc) is 3.04. The van der Waals surface area contributed by atoms with Crippen LogP contribution in [0.2, 0.25) is 0 Å². The molecule has 0 bridgehead atoms. The summed E-state index contributed by atoms with van der Waals surface area (Å²) in [4.78, 5) is 13.0. The lowest BCUT2D eigenvalue weighted by Crippen LogP contribution is -2.34. The van der Waals surface area contributed by atoms with Crippen LogP contribution in [0.4, 0.5) is 0 Å². The van der Waals surface area contributed by atoms with E-state index in [2.05, 4.69) is 12.2 Å². The average molecular weight is 323 g/mol. The number of methoxy groups -OCH3 is 1. The number of carbonyl (C=O) groups is 1. The number of hydrogen-bond donors (Lipinski definition) is 1. The van der Waals surface area contributed by atoms with Gasteiger partial charge in [0, 0.05) is 17.5 Å². The Morgan fingerprint density at radius 3 is 3.14 bits per heavy atom. The zero-order valence-electron chi connectivity index (χ0n) is 13.3. The number of hydrogen-bond acceptors (Lipinski definition) is 4. The Morgan fingerprint density at radius 2 is 2.41 bits per heavy atom. The molecule has 0 aromatic heterocycles. The highest BCUT2D eigenvalue weighted by Gasteiger charge is 2.17. The molecule has 1 saturated heterocycles. The lowest BCUT2D eigenvalue weighted by molar-refractivity contribution is -0.119. The molecule has 0 unspecified atom stereocenters. The summed E-state index contributed by atoms with van der Waals surface area (Å²) in [6.45, 7) is 2.95. The van der Waals surface area contributed by atoms with Gasteiger partial charge >= 0.3 is 0 Å². The second-order valence-electron chi connectivity index (χ2n) is 5.65. The molecule has 1 fully saturated rings. The first-order chi connectivity index (χ1) is 10.7. The van der Waals surface area contributed by atoms with Crippen molar-refractivity contribution in [3.05, 3.63) is 24.3 Å². The van der Waals surface area contributed by atoms with Gasteiger partial charge in [0.25, 0.3) is 0 Å². The number of amides is 1. The standard InChI is InChI=1S/C17H25NO3S/c1-13(8-9-14-6-4-10-21-14)18-17(19)12-22-16-7-3-5-15(11-16)20-2/h3,5,7,11,13-14H,4,6,8-10,12H2,1-2H3,(H,18,19)/t13-,14+/m1/s1. The van der Waals surface area contributed by atoms with Crippen LogP contribution in [0.3, 0.4) is 0 Å². The fraction of sp³-hybridized carbons (Fsp3) is 0.588. The monoisotopic (exact) mass is 323 g/mol. The van der Waals surface area contributed by atoms with Crippen molar-refractivity contribution >= 4 is 17.7 Å². The van der Waals surface area contributed by atoms with Gasteiger partial charge < -0.3 is 14.8 Å². The molecule has 1 amide bonds.